The topological polar surface area (TPSA) is 57.0 Å². The lowest BCUT2D eigenvalue weighted by molar-refractivity contribution is -0.116. The van der Waals surface area contributed by atoms with Gasteiger partial charge in [-0.25, -0.2) is 4.98 Å². The number of aromatic nitrogens is 1. The highest BCUT2D eigenvalue weighted by atomic mass is 35.5. The van der Waals surface area contributed by atoms with Crippen LogP contribution in [-0.2, 0) is 11.3 Å². The fourth-order valence-corrected chi connectivity index (χ4v) is 3.08. The number of nitriles is 1. The summed E-state index contributed by atoms with van der Waals surface area (Å²) in [5, 5.41) is 10.6. The molecule has 114 valence electrons. The highest BCUT2D eigenvalue weighted by molar-refractivity contribution is 7.12. The van der Waals surface area contributed by atoms with E-state index in [-0.39, 0.29) is 18.3 Å². The second kappa shape index (κ2) is 7.10. The van der Waals surface area contributed by atoms with E-state index in [0.29, 0.717) is 15.7 Å². The van der Waals surface area contributed by atoms with Crippen LogP contribution in [0.25, 0.3) is 0 Å². The Balaban J connectivity index is 2.45. The molecule has 2 aromatic rings. The van der Waals surface area contributed by atoms with Gasteiger partial charge in [-0.15, -0.1) is 22.9 Å². The summed E-state index contributed by atoms with van der Waals surface area (Å²) < 4.78 is 0. The molecule has 1 aromatic heterocycles. The van der Waals surface area contributed by atoms with E-state index in [0.717, 1.165) is 16.1 Å². The molecule has 0 N–H and O–H groups in total. The molecule has 0 atom stereocenters. The zero-order valence-electron chi connectivity index (χ0n) is 12.1. The molecule has 0 aliphatic carbocycles. The maximum absolute atomic E-state index is 12.2. The highest BCUT2D eigenvalue weighted by Crippen LogP contribution is 2.28. The maximum atomic E-state index is 12.2. The molecular formula is C15H13Cl2N3OS. The van der Waals surface area contributed by atoms with Crippen molar-refractivity contribution in [2.45, 2.75) is 20.4 Å². The van der Waals surface area contributed by atoms with E-state index in [9.17, 15) is 10.1 Å². The molecule has 0 aliphatic heterocycles. The number of hydrogen-bond acceptors (Lipinski definition) is 4. The van der Waals surface area contributed by atoms with E-state index in [2.05, 4.69) is 11.1 Å². The van der Waals surface area contributed by atoms with Gasteiger partial charge in [-0.05, 0) is 31.0 Å². The van der Waals surface area contributed by atoms with Gasteiger partial charge in [0.05, 0.1) is 11.6 Å². The Morgan fingerprint density at radius 3 is 2.82 bits per heavy atom. The molecule has 0 saturated carbocycles. The normalized spacial score (nSPS) is 10.3. The summed E-state index contributed by atoms with van der Waals surface area (Å²) in [6.07, 6.45) is 0. The number of nitrogens with zero attached hydrogens (tertiary/aromatic N) is 3. The van der Waals surface area contributed by atoms with Crippen molar-refractivity contribution in [1.29, 1.82) is 5.26 Å². The number of anilines is 1. The number of thiazole rings is 1. The largest absolute Gasteiger partial charge is 0.289 e. The number of carbonyl (C=O) groups excluding carboxylic acids is 1. The van der Waals surface area contributed by atoms with Crippen LogP contribution >= 0.6 is 34.5 Å². The lowest BCUT2D eigenvalue weighted by atomic mass is 10.1. The predicted octanol–water partition coefficient (Wildman–Crippen LogP) is 4.06. The highest BCUT2D eigenvalue weighted by Gasteiger charge is 2.23. The lowest BCUT2D eigenvalue weighted by Crippen LogP contribution is -2.32. The molecule has 0 radical (unpaired) electrons. The van der Waals surface area contributed by atoms with Gasteiger partial charge in [0.2, 0.25) is 5.91 Å². The van der Waals surface area contributed by atoms with Crippen LogP contribution in [0.15, 0.2) is 18.2 Å². The Bertz CT molecular complexity index is 752. The zero-order valence-corrected chi connectivity index (χ0v) is 14.4. The Hall–Kier alpha value is -1.61. The molecule has 0 saturated heterocycles. The van der Waals surface area contributed by atoms with Crippen molar-refractivity contribution in [2.75, 3.05) is 10.8 Å². The van der Waals surface area contributed by atoms with Crippen molar-refractivity contribution in [3.63, 3.8) is 0 Å². The molecule has 7 heteroatoms. The first kappa shape index (κ1) is 16.8. The third kappa shape index (κ3) is 3.41. The van der Waals surface area contributed by atoms with Gasteiger partial charge < -0.3 is 0 Å². The quantitative estimate of drug-likeness (QED) is 0.778. The average Bonchev–Trinajstić information content (AvgIpc) is 2.88. The fraction of sp³-hybridized carbons (Fsp3) is 0.267. The van der Waals surface area contributed by atoms with Crippen LogP contribution in [0, 0.1) is 25.2 Å². The standard InChI is InChI=1S/C15H13Cl2N3OS/c1-9-11(4-3-5-12(9)17)8-20(14(21)6-16)15-13(7-18)22-10(2)19-15/h3-5H,6,8H2,1-2H3. The van der Waals surface area contributed by atoms with Crippen molar-refractivity contribution in [1.82, 2.24) is 4.98 Å². The van der Waals surface area contributed by atoms with E-state index < -0.39 is 0 Å². The Morgan fingerprint density at radius 1 is 1.45 bits per heavy atom. The van der Waals surface area contributed by atoms with Crippen LogP contribution in [0.2, 0.25) is 5.02 Å². The Morgan fingerprint density at radius 2 is 2.18 bits per heavy atom. The smallest absolute Gasteiger partial charge is 0.243 e. The van der Waals surface area contributed by atoms with Crippen molar-refractivity contribution in [3.8, 4) is 6.07 Å². The predicted molar refractivity (Wildman–Crippen MR) is 89.7 cm³/mol. The molecule has 0 aliphatic rings. The van der Waals surface area contributed by atoms with Crippen LogP contribution in [-0.4, -0.2) is 16.8 Å². The molecule has 1 aromatic carbocycles. The summed E-state index contributed by atoms with van der Waals surface area (Å²) in [7, 11) is 0. The summed E-state index contributed by atoms with van der Waals surface area (Å²) in [4.78, 5) is 18.4. The van der Waals surface area contributed by atoms with Crippen LogP contribution in [0.5, 0.6) is 0 Å². The summed E-state index contributed by atoms with van der Waals surface area (Å²) in [5.74, 6) is -0.126. The van der Waals surface area contributed by atoms with Gasteiger partial charge in [-0.2, -0.15) is 5.26 Å². The van der Waals surface area contributed by atoms with Crippen molar-refractivity contribution >= 4 is 46.3 Å². The van der Waals surface area contributed by atoms with Crippen molar-refractivity contribution < 1.29 is 4.79 Å². The lowest BCUT2D eigenvalue weighted by Gasteiger charge is -2.21. The zero-order chi connectivity index (χ0) is 16.3. The number of aryl methyl sites for hydroxylation is 1. The molecule has 1 amide bonds. The van der Waals surface area contributed by atoms with Crippen LogP contribution in [0.4, 0.5) is 5.82 Å². The van der Waals surface area contributed by atoms with Crippen LogP contribution < -0.4 is 4.90 Å². The molecule has 0 spiro atoms. The molecule has 4 nitrogen and oxygen atoms in total. The van der Waals surface area contributed by atoms with Gasteiger partial charge in [0.1, 0.15) is 16.8 Å². The number of hydrogen-bond donors (Lipinski definition) is 0. The molecular weight excluding hydrogens is 341 g/mol. The summed E-state index contributed by atoms with van der Waals surface area (Å²) in [6.45, 7) is 3.96. The second-order valence-corrected chi connectivity index (χ2v) is 6.51. The molecule has 0 fully saturated rings. The average molecular weight is 354 g/mol. The third-order valence-corrected chi connectivity index (χ3v) is 4.70. The Labute approximate surface area is 142 Å². The molecule has 22 heavy (non-hydrogen) atoms. The monoisotopic (exact) mass is 353 g/mol. The van der Waals surface area contributed by atoms with E-state index in [1.54, 1.807) is 13.0 Å². The number of benzene rings is 1. The number of alkyl halides is 1. The van der Waals surface area contributed by atoms with Gasteiger partial charge in [0, 0.05) is 5.02 Å². The fourth-order valence-electron chi connectivity index (χ4n) is 2.02. The van der Waals surface area contributed by atoms with Crippen molar-refractivity contribution in [2.24, 2.45) is 0 Å². The molecule has 0 bridgehead atoms. The first-order valence-electron chi connectivity index (χ1n) is 6.45. The molecule has 0 unspecified atom stereocenters. The Kier molecular flexibility index (Phi) is 5.41. The minimum Gasteiger partial charge on any atom is -0.289 e. The van der Waals surface area contributed by atoms with Gasteiger partial charge in [0.15, 0.2) is 5.82 Å². The van der Waals surface area contributed by atoms with E-state index in [4.69, 9.17) is 23.2 Å². The van der Waals surface area contributed by atoms with Gasteiger partial charge >= 0.3 is 0 Å². The van der Waals surface area contributed by atoms with Gasteiger partial charge in [0.25, 0.3) is 0 Å². The SMILES string of the molecule is Cc1nc(N(Cc2cccc(Cl)c2C)C(=O)CCl)c(C#N)s1. The maximum Gasteiger partial charge on any atom is 0.243 e. The van der Waals surface area contributed by atoms with Crippen molar-refractivity contribution in [3.05, 3.63) is 44.2 Å². The van der Waals surface area contributed by atoms with Crippen LogP contribution in [0.1, 0.15) is 21.0 Å². The van der Waals surface area contributed by atoms with Gasteiger partial charge in [-0.1, -0.05) is 23.7 Å². The molecule has 1 heterocycles. The number of halogens is 2. The van der Waals surface area contributed by atoms with Crippen LogP contribution in [0.3, 0.4) is 0 Å². The number of amides is 1. The minimum atomic E-state index is -0.303. The summed E-state index contributed by atoms with van der Waals surface area (Å²) in [6, 6.07) is 7.59. The number of rotatable bonds is 4. The summed E-state index contributed by atoms with van der Waals surface area (Å²) in [5.41, 5.74) is 1.78. The summed E-state index contributed by atoms with van der Waals surface area (Å²) >= 11 is 13.1. The number of carbonyl (C=O) groups is 1. The first-order valence-corrected chi connectivity index (χ1v) is 8.18. The second-order valence-electron chi connectivity index (χ2n) is 4.63. The third-order valence-electron chi connectivity index (χ3n) is 3.20. The first-order chi connectivity index (χ1) is 10.5. The van der Waals surface area contributed by atoms with E-state index >= 15 is 0 Å². The van der Waals surface area contributed by atoms with Gasteiger partial charge in [-0.3, -0.25) is 9.69 Å². The van der Waals surface area contributed by atoms with E-state index in [1.807, 2.05) is 19.1 Å². The molecule has 2 rings (SSSR count). The minimum absolute atomic E-state index is 0.180. The van der Waals surface area contributed by atoms with E-state index in [1.165, 1.54) is 16.2 Å².